The highest BCUT2D eigenvalue weighted by Gasteiger charge is 2.32. The molecular weight excluding hydrogens is 475 g/mol. The van der Waals surface area contributed by atoms with Gasteiger partial charge in [-0.1, -0.05) is 24.8 Å². The largest absolute Gasteiger partial charge is 0.377 e. The van der Waals surface area contributed by atoms with E-state index < -0.39 is 0 Å². The van der Waals surface area contributed by atoms with Crippen molar-refractivity contribution in [1.29, 1.82) is 0 Å². The molecule has 0 spiro atoms. The lowest BCUT2D eigenvalue weighted by Crippen LogP contribution is -2.55. The summed E-state index contributed by atoms with van der Waals surface area (Å²) in [7, 11) is 1.62. The summed E-state index contributed by atoms with van der Waals surface area (Å²) in [5.74, 6) is -0.256. The van der Waals surface area contributed by atoms with Gasteiger partial charge in [0.05, 0.1) is 22.7 Å². The van der Waals surface area contributed by atoms with E-state index in [0.717, 1.165) is 16.4 Å². The fraction of sp³-hybridized carbons (Fsp3) is 0.550. The number of nitrogens with one attached hydrogen (secondary N) is 1. The van der Waals surface area contributed by atoms with E-state index in [2.05, 4.69) is 47.6 Å². The molecule has 7 nitrogen and oxygen atoms in total. The summed E-state index contributed by atoms with van der Waals surface area (Å²) < 4.78 is 18.9. The Bertz CT molecular complexity index is 851. The van der Waals surface area contributed by atoms with Crippen molar-refractivity contribution in [3.05, 3.63) is 27.3 Å². The molecule has 1 saturated heterocycles. The summed E-state index contributed by atoms with van der Waals surface area (Å²) in [5, 5.41) is 3.79. The molecule has 2 atom stereocenters. The van der Waals surface area contributed by atoms with Crippen molar-refractivity contribution in [3.8, 4) is 0 Å². The SMILES string of the molecule is C=C(OF)c1sc(N2CCC(NC(=O)/C(C)=N/C(Br)=C(C)C)[C@@H](OC)C2)nc1CC. The minimum atomic E-state index is -0.227. The van der Waals surface area contributed by atoms with Gasteiger partial charge in [-0.05, 0) is 55.1 Å². The molecule has 1 aromatic rings. The number of anilines is 1. The topological polar surface area (TPSA) is 76.0 Å². The molecule has 1 unspecified atom stereocenters. The normalized spacial score (nSPS) is 19.4. The van der Waals surface area contributed by atoms with E-state index >= 15 is 0 Å². The van der Waals surface area contributed by atoms with Crippen LogP contribution in [0.15, 0.2) is 21.8 Å². The van der Waals surface area contributed by atoms with Crippen LogP contribution < -0.4 is 10.2 Å². The molecule has 0 radical (unpaired) electrons. The molecule has 1 N–H and O–H groups in total. The zero-order valence-corrected chi connectivity index (χ0v) is 20.3. The number of allylic oxidation sites excluding steroid dienone is 1. The van der Waals surface area contributed by atoms with E-state index in [1.54, 1.807) is 14.0 Å². The minimum Gasteiger partial charge on any atom is -0.377 e. The van der Waals surface area contributed by atoms with Gasteiger partial charge in [-0.25, -0.2) is 9.98 Å². The third-order valence-electron chi connectivity index (χ3n) is 4.82. The highest BCUT2D eigenvalue weighted by molar-refractivity contribution is 9.11. The Morgan fingerprint density at radius 2 is 2.17 bits per heavy atom. The molecule has 0 aliphatic carbocycles. The van der Waals surface area contributed by atoms with E-state index in [4.69, 9.17) is 4.74 Å². The summed E-state index contributed by atoms with van der Waals surface area (Å²) in [5.41, 5.74) is 2.11. The van der Waals surface area contributed by atoms with Crippen LogP contribution >= 0.6 is 27.3 Å². The van der Waals surface area contributed by atoms with Crippen molar-refractivity contribution in [2.75, 3.05) is 25.1 Å². The summed E-state index contributed by atoms with van der Waals surface area (Å²) in [6.07, 6.45) is 1.10. The first-order valence-electron chi connectivity index (χ1n) is 9.66. The number of carbonyl (C=O) groups excluding carboxylic acids is 1. The number of rotatable bonds is 8. The van der Waals surface area contributed by atoms with Crippen LogP contribution in [0.25, 0.3) is 5.76 Å². The van der Waals surface area contributed by atoms with Crippen molar-refractivity contribution >= 4 is 49.8 Å². The van der Waals surface area contributed by atoms with Gasteiger partial charge in [-0.2, -0.15) is 0 Å². The zero-order chi connectivity index (χ0) is 22.4. The smallest absolute Gasteiger partial charge is 0.265 e. The molecule has 1 aromatic heterocycles. The van der Waals surface area contributed by atoms with Crippen LogP contribution in [0.1, 0.15) is 44.7 Å². The molecule has 1 aliphatic heterocycles. The van der Waals surface area contributed by atoms with Crippen molar-refractivity contribution in [3.63, 3.8) is 0 Å². The lowest BCUT2D eigenvalue weighted by atomic mass is 10.0. The Kier molecular flexibility index (Phi) is 8.99. The molecule has 1 fully saturated rings. The molecular formula is C20H28BrFN4O3S. The van der Waals surface area contributed by atoms with Crippen molar-refractivity contribution in [2.24, 2.45) is 4.99 Å². The van der Waals surface area contributed by atoms with Crippen LogP contribution in [0.2, 0.25) is 0 Å². The number of aliphatic imine (C=N–C) groups is 1. The number of ether oxygens (including phenoxy) is 1. The molecule has 2 rings (SSSR count). The number of aromatic nitrogens is 1. The highest BCUT2D eigenvalue weighted by Crippen LogP contribution is 2.33. The molecule has 166 valence electrons. The second-order valence-corrected chi connectivity index (χ2v) is 8.93. The number of halogens is 2. The van der Waals surface area contributed by atoms with E-state index in [-0.39, 0.29) is 23.8 Å². The lowest BCUT2D eigenvalue weighted by Gasteiger charge is -2.37. The average molecular weight is 503 g/mol. The van der Waals surface area contributed by atoms with Crippen LogP contribution in [-0.4, -0.2) is 48.9 Å². The van der Waals surface area contributed by atoms with Crippen LogP contribution in [0, 0.1) is 0 Å². The first kappa shape index (κ1) is 24.5. The fourth-order valence-electron chi connectivity index (χ4n) is 3.04. The quantitative estimate of drug-likeness (QED) is 0.324. The van der Waals surface area contributed by atoms with E-state index in [1.165, 1.54) is 11.3 Å². The van der Waals surface area contributed by atoms with Crippen molar-refractivity contribution in [1.82, 2.24) is 10.3 Å². The van der Waals surface area contributed by atoms with E-state index in [0.29, 0.717) is 41.1 Å². The number of carbonyl (C=O) groups is 1. The molecule has 0 saturated carbocycles. The summed E-state index contributed by atoms with van der Waals surface area (Å²) in [6.45, 7) is 12.3. The Balaban J connectivity index is 2.10. The van der Waals surface area contributed by atoms with Gasteiger partial charge in [0, 0.05) is 24.7 Å². The van der Waals surface area contributed by atoms with Crippen LogP contribution in [-0.2, 0) is 20.9 Å². The first-order valence-corrected chi connectivity index (χ1v) is 11.3. The lowest BCUT2D eigenvalue weighted by molar-refractivity contribution is -0.116. The van der Waals surface area contributed by atoms with Gasteiger partial charge in [0.2, 0.25) is 0 Å². The number of piperidine rings is 1. The zero-order valence-electron chi connectivity index (χ0n) is 17.9. The van der Waals surface area contributed by atoms with Gasteiger partial charge in [-0.15, -0.1) is 0 Å². The van der Waals surface area contributed by atoms with E-state index in [9.17, 15) is 9.32 Å². The summed E-state index contributed by atoms with van der Waals surface area (Å²) in [4.78, 5) is 28.0. The van der Waals surface area contributed by atoms with Gasteiger partial charge in [-0.3, -0.25) is 9.74 Å². The number of nitrogens with zero attached hydrogens (tertiary/aromatic N) is 3. The summed E-state index contributed by atoms with van der Waals surface area (Å²) in [6, 6.07) is -0.149. The first-order chi connectivity index (χ1) is 14.2. The number of hydrogen-bond donors (Lipinski definition) is 1. The molecule has 0 bridgehead atoms. The Morgan fingerprint density at radius 1 is 1.47 bits per heavy atom. The fourth-order valence-corrected chi connectivity index (χ4v) is 4.40. The maximum Gasteiger partial charge on any atom is 0.265 e. The van der Waals surface area contributed by atoms with Gasteiger partial charge < -0.3 is 15.0 Å². The Morgan fingerprint density at radius 3 is 2.73 bits per heavy atom. The predicted octanol–water partition coefficient (Wildman–Crippen LogP) is 4.39. The number of amides is 1. The maximum absolute atomic E-state index is 12.6. The van der Waals surface area contributed by atoms with Gasteiger partial charge in [0.1, 0.15) is 10.3 Å². The second kappa shape index (κ2) is 11.0. The third kappa shape index (κ3) is 5.89. The Labute approximate surface area is 189 Å². The molecule has 10 heteroatoms. The summed E-state index contributed by atoms with van der Waals surface area (Å²) >= 11 is 4.70. The third-order valence-corrected chi connectivity index (χ3v) is 6.99. The van der Waals surface area contributed by atoms with Crippen molar-refractivity contribution < 1.29 is 19.0 Å². The van der Waals surface area contributed by atoms with Crippen LogP contribution in [0.5, 0.6) is 0 Å². The number of thiazole rings is 1. The molecule has 1 aliphatic rings. The number of aryl methyl sites for hydroxylation is 1. The van der Waals surface area contributed by atoms with Gasteiger partial charge in [0.25, 0.3) is 5.91 Å². The van der Waals surface area contributed by atoms with Gasteiger partial charge in [0.15, 0.2) is 10.9 Å². The Hall–Kier alpha value is -1.78. The van der Waals surface area contributed by atoms with Crippen LogP contribution in [0.3, 0.4) is 0 Å². The van der Waals surface area contributed by atoms with Crippen LogP contribution in [0.4, 0.5) is 9.66 Å². The molecule has 2 heterocycles. The number of methoxy groups -OCH3 is 1. The van der Waals surface area contributed by atoms with Gasteiger partial charge >= 0.3 is 0 Å². The minimum absolute atomic E-state index is 0.0293. The maximum atomic E-state index is 12.6. The monoisotopic (exact) mass is 502 g/mol. The number of hydrogen-bond acceptors (Lipinski definition) is 7. The highest BCUT2D eigenvalue weighted by atomic mass is 79.9. The molecule has 30 heavy (non-hydrogen) atoms. The van der Waals surface area contributed by atoms with E-state index in [1.807, 2.05) is 20.8 Å². The second-order valence-electron chi connectivity index (χ2n) is 7.20. The standard InChI is InChI=1S/C20H28BrFN4O3S/c1-7-14-17(13(5)29-22)30-20(25-14)26-9-8-15(16(10-26)28-6)24-19(27)12(4)23-18(21)11(2)3/h15-16H,5,7-10H2,1-4,6H3,(H,24,27)/b23-12+/t15?,16-/m0/s1. The predicted molar refractivity (Wildman–Crippen MR) is 123 cm³/mol. The molecule has 1 amide bonds. The molecule has 0 aromatic carbocycles. The average Bonchev–Trinajstić information content (AvgIpc) is 3.17. The van der Waals surface area contributed by atoms with Crippen molar-refractivity contribution in [2.45, 2.75) is 52.7 Å².